The first-order valence-electron chi connectivity index (χ1n) is 10.5. The number of ether oxygens (including phenoxy) is 1. The van der Waals surface area contributed by atoms with Gasteiger partial charge in [-0.15, -0.1) is 0 Å². The summed E-state index contributed by atoms with van der Waals surface area (Å²) in [5.41, 5.74) is -0.420. The van der Waals surface area contributed by atoms with Gasteiger partial charge in [0.05, 0.1) is 11.6 Å². The van der Waals surface area contributed by atoms with Crippen LogP contribution in [-0.4, -0.2) is 18.5 Å². The SMILES string of the molecule is CC(C)(C)[C@H]1COC(c2cc(C(F)(F)F)ccc2P(c2ccccc2)c2ccccc2)=N1. The van der Waals surface area contributed by atoms with Crippen molar-refractivity contribution in [3.05, 3.63) is 90.0 Å². The van der Waals surface area contributed by atoms with E-state index in [1.165, 1.54) is 6.07 Å². The molecule has 3 aromatic rings. The molecule has 32 heavy (non-hydrogen) atoms. The maximum atomic E-state index is 13.6. The van der Waals surface area contributed by atoms with Gasteiger partial charge in [0, 0.05) is 5.56 Å². The fraction of sp³-hybridized carbons (Fsp3) is 0.269. The quantitative estimate of drug-likeness (QED) is 0.466. The average molecular weight is 455 g/mol. The van der Waals surface area contributed by atoms with E-state index in [0.717, 1.165) is 22.0 Å². The molecule has 3 aromatic carbocycles. The van der Waals surface area contributed by atoms with E-state index in [2.05, 4.69) is 20.8 Å². The Hall–Kier alpha value is -2.65. The molecule has 6 heteroatoms. The highest BCUT2D eigenvalue weighted by atomic mass is 31.1. The molecule has 0 amide bonds. The van der Waals surface area contributed by atoms with Crippen molar-refractivity contribution < 1.29 is 17.9 Å². The van der Waals surface area contributed by atoms with E-state index in [1.54, 1.807) is 6.07 Å². The number of hydrogen-bond acceptors (Lipinski definition) is 2. The van der Waals surface area contributed by atoms with E-state index in [1.807, 2.05) is 60.7 Å². The highest BCUT2D eigenvalue weighted by Gasteiger charge is 2.36. The zero-order valence-corrected chi connectivity index (χ0v) is 19.1. The molecule has 0 aliphatic carbocycles. The first kappa shape index (κ1) is 22.5. The largest absolute Gasteiger partial charge is 0.475 e. The zero-order chi connectivity index (χ0) is 22.9. The zero-order valence-electron chi connectivity index (χ0n) is 18.2. The summed E-state index contributed by atoms with van der Waals surface area (Å²) < 4.78 is 46.8. The standard InChI is InChI=1S/C26H25F3NOP/c1-25(2,3)23-17-31-24(30-23)21-16-18(26(27,28)29)14-15-22(21)32(19-10-6-4-7-11-19)20-12-8-5-9-13-20/h4-16,23H,17H2,1-3H3/t23-/m1/s1. The fourth-order valence-electron chi connectivity index (χ4n) is 3.62. The molecule has 1 atom stereocenters. The maximum absolute atomic E-state index is 13.6. The third-order valence-electron chi connectivity index (χ3n) is 5.47. The molecule has 0 N–H and O–H groups in total. The van der Waals surface area contributed by atoms with Gasteiger partial charge in [-0.2, -0.15) is 13.2 Å². The Morgan fingerprint density at radius 1 is 0.844 bits per heavy atom. The monoisotopic (exact) mass is 455 g/mol. The van der Waals surface area contributed by atoms with Gasteiger partial charge < -0.3 is 4.74 Å². The van der Waals surface area contributed by atoms with Crippen LogP contribution in [0, 0.1) is 5.41 Å². The predicted molar refractivity (Wildman–Crippen MR) is 126 cm³/mol. The first-order valence-corrected chi connectivity index (χ1v) is 11.8. The number of halogens is 3. The average Bonchev–Trinajstić information content (AvgIpc) is 3.26. The Morgan fingerprint density at radius 2 is 1.41 bits per heavy atom. The fourth-order valence-corrected chi connectivity index (χ4v) is 6.04. The van der Waals surface area contributed by atoms with E-state index in [-0.39, 0.29) is 11.5 Å². The minimum atomic E-state index is -4.45. The maximum Gasteiger partial charge on any atom is 0.416 e. The Labute approximate surface area is 187 Å². The van der Waals surface area contributed by atoms with Gasteiger partial charge in [-0.25, -0.2) is 4.99 Å². The number of rotatable bonds is 4. The molecule has 4 rings (SSSR count). The molecule has 0 saturated carbocycles. The third kappa shape index (κ3) is 4.73. The third-order valence-corrected chi connectivity index (χ3v) is 7.98. The van der Waals surface area contributed by atoms with E-state index in [4.69, 9.17) is 9.73 Å². The van der Waals surface area contributed by atoms with E-state index >= 15 is 0 Å². The lowest BCUT2D eigenvalue weighted by atomic mass is 9.88. The minimum absolute atomic E-state index is 0.112. The van der Waals surface area contributed by atoms with Gasteiger partial charge in [-0.05, 0) is 41.4 Å². The number of hydrogen-bond donors (Lipinski definition) is 0. The van der Waals surface area contributed by atoms with Crippen LogP contribution in [0.15, 0.2) is 83.9 Å². The molecule has 2 nitrogen and oxygen atoms in total. The Bertz CT molecular complexity index is 1070. The molecular formula is C26H25F3NOP. The van der Waals surface area contributed by atoms with Gasteiger partial charge in [0.1, 0.15) is 6.61 Å². The highest BCUT2D eigenvalue weighted by Crippen LogP contribution is 2.38. The van der Waals surface area contributed by atoms with Crippen molar-refractivity contribution in [3.8, 4) is 0 Å². The Kier molecular flexibility index (Phi) is 6.13. The van der Waals surface area contributed by atoms with Gasteiger partial charge in [0.2, 0.25) is 5.90 Å². The van der Waals surface area contributed by atoms with Crippen LogP contribution in [0.3, 0.4) is 0 Å². The molecule has 1 heterocycles. The normalized spacial score (nSPS) is 16.7. The summed E-state index contributed by atoms with van der Waals surface area (Å²) in [5.74, 6) is 0.297. The van der Waals surface area contributed by atoms with Gasteiger partial charge in [-0.1, -0.05) is 87.5 Å². The lowest BCUT2D eigenvalue weighted by Gasteiger charge is -2.23. The second kappa shape index (κ2) is 8.71. The summed E-state index contributed by atoms with van der Waals surface area (Å²) in [6.45, 7) is 6.53. The summed E-state index contributed by atoms with van der Waals surface area (Å²) >= 11 is 0. The van der Waals surface area contributed by atoms with Crippen LogP contribution in [0.5, 0.6) is 0 Å². The second-order valence-corrected chi connectivity index (χ2v) is 11.0. The summed E-state index contributed by atoms with van der Waals surface area (Å²) in [6, 6.07) is 23.6. The highest BCUT2D eigenvalue weighted by molar-refractivity contribution is 7.80. The van der Waals surface area contributed by atoms with Gasteiger partial charge in [-0.3, -0.25) is 0 Å². The van der Waals surface area contributed by atoms with Crippen LogP contribution in [0.4, 0.5) is 13.2 Å². The molecule has 0 fully saturated rings. The molecule has 0 spiro atoms. The minimum Gasteiger partial charge on any atom is -0.475 e. The van der Waals surface area contributed by atoms with Gasteiger partial charge in [0.15, 0.2) is 0 Å². The van der Waals surface area contributed by atoms with Crippen LogP contribution in [0.1, 0.15) is 31.9 Å². The molecule has 0 radical (unpaired) electrons. The van der Waals surface area contributed by atoms with Crippen LogP contribution in [-0.2, 0) is 10.9 Å². The van der Waals surface area contributed by atoms with E-state index in [9.17, 15) is 13.2 Å². The van der Waals surface area contributed by atoms with Crippen molar-refractivity contribution in [2.75, 3.05) is 6.61 Å². The van der Waals surface area contributed by atoms with Crippen molar-refractivity contribution in [2.45, 2.75) is 33.0 Å². The summed E-state index contributed by atoms with van der Waals surface area (Å²) in [7, 11) is -1.10. The lowest BCUT2D eigenvalue weighted by Crippen LogP contribution is -2.26. The molecule has 166 valence electrons. The Morgan fingerprint density at radius 3 is 1.88 bits per heavy atom. The van der Waals surface area contributed by atoms with Crippen molar-refractivity contribution in [1.82, 2.24) is 0 Å². The van der Waals surface area contributed by atoms with E-state index < -0.39 is 19.7 Å². The van der Waals surface area contributed by atoms with Crippen LogP contribution >= 0.6 is 7.92 Å². The summed E-state index contributed by atoms with van der Waals surface area (Å²) in [5, 5.41) is 2.92. The molecule has 0 unspecified atom stereocenters. The molecule has 1 aliphatic rings. The van der Waals surface area contributed by atoms with E-state index in [0.29, 0.717) is 18.1 Å². The van der Waals surface area contributed by atoms with Crippen LogP contribution < -0.4 is 15.9 Å². The second-order valence-electron chi connectivity index (χ2n) is 8.86. The molecule has 0 bridgehead atoms. The van der Waals surface area contributed by atoms with Gasteiger partial charge >= 0.3 is 6.18 Å². The van der Waals surface area contributed by atoms with Crippen molar-refractivity contribution in [3.63, 3.8) is 0 Å². The van der Waals surface area contributed by atoms with Crippen molar-refractivity contribution in [2.24, 2.45) is 10.4 Å². The topological polar surface area (TPSA) is 21.6 Å². The lowest BCUT2D eigenvalue weighted by molar-refractivity contribution is -0.137. The van der Waals surface area contributed by atoms with Gasteiger partial charge in [0.25, 0.3) is 0 Å². The number of benzene rings is 3. The van der Waals surface area contributed by atoms with Crippen LogP contribution in [0.25, 0.3) is 0 Å². The summed E-state index contributed by atoms with van der Waals surface area (Å²) in [4.78, 5) is 4.72. The predicted octanol–water partition coefficient (Wildman–Crippen LogP) is 5.66. The van der Waals surface area contributed by atoms with Crippen LogP contribution in [0.2, 0.25) is 0 Å². The number of alkyl halides is 3. The first-order chi connectivity index (χ1) is 15.1. The molecule has 0 aromatic heterocycles. The summed E-state index contributed by atoms with van der Waals surface area (Å²) in [6.07, 6.45) is -4.45. The number of nitrogens with zero attached hydrogens (tertiary/aromatic N) is 1. The number of aliphatic imine (C=N–C) groups is 1. The Balaban J connectivity index is 1.92. The smallest absolute Gasteiger partial charge is 0.416 e. The molecule has 1 aliphatic heterocycles. The van der Waals surface area contributed by atoms with Crippen molar-refractivity contribution in [1.29, 1.82) is 0 Å². The molecule has 0 saturated heterocycles. The molecular weight excluding hydrogens is 430 g/mol. The van der Waals surface area contributed by atoms with Crippen molar-refractivity contribution >= 4 is 29.7 Å².